The van der Waals surface area contributed by atoms with Crippen LogP contribution in [0.25, 0.3) is 0 Å². The Kier molecular flexibility index (Phi) is 6.96. The standard InChI is InChI=1S/C26H34N2O2/c1-17(2)20-10-12-22(13-11-20)26(18(3)4)27-25(30)16-24-23-9-7-6-8-21(23)14-15-28(24)19(5)29/h6-13,17-18,24,26H,14-16H2,1-5H3,(H,27,30). The molecule has 4 nitrogen and oxygen atoms in total. The molecule has 0 aliphatic carbocycles. The first-order valence-corrected chi connectivity index (χ1v) is 11.0. The lowest BCUT2D eigenvalue weighted by Crippen LogP contribution is -2.42. The zero-order valence-corrected chi connectivity index (χ0v) is 18.8. The number of carbonyl (C=O) groups is 2. The number of hydrogen-bond acceptors (Lipinski definition) is 2. The molecule has 2 unspecified atom stereocenters. The van der Waals surface area contributed by atoms with Gasteiger partial charge in [0.1, 0.15) is 0 Å². The van der Waals surface area contributed by atoms with Crippen molar-refractivity contribution in [2.24, 2.45) is 5.92 Å². The number of fused-ring (bicyclic) bond motifs is 1. The molecular formula is C26H34N2O2. The second-order valence-electron chi connectivity index (χ2n) is 8.99. The summed E-state index contributed by atoms with van der Waals surface area (Å²) in [7, 11) is 0. The monoisotopic (exact) mass is 406 g/mol. The lowest BCUT2D eigenvalue weighted by atomic mass is 9.89. The predicted molar refractivity (Wildman–Crippen MR) is 121 cm³/mol. The summed E-state index contributed by atoms with van der Waals surface area (Å²) in [5, 5.41) is 3.24. The highest BCUT2D eigenvalue weighted by atomic mass is 16.2. The number of benzene rings is 2. The van der Waals surface area contributed by atoms with Crippen LogP contribution in [-0.2, 0) is 16.0 Å². The van der Waals surface area contributed by atoms with E-state index in [0.717, 1.165) is 17.5 Å². The molecule has 1 heterocycles. The first kappa shape index (κ1) is 22.1. The van der Waals surface area contributed by atoms with Crippen LogP contribution >= 0.6 is 0 Å². The van der Waals surface area contributed by atoms with Crippen molar-refractivity contribution in [3.05, 3.63) is 70.8 Å². The van der Waals surface area contributed by atoms with E-state index in [1.54, 1.807) is 6.92 Å². The van der Waals surface area contributed by atoms with Crippen LogP contribution in [0.5, 0.6) is 0 Å². The Balaban J connectivity index is 1.78. The summed E-state index contributed by atoms with van der Waals surface area (Å²) < 4.78 is 0. The normalized spacial score (nSPS) is 17.0. The summed E-state index contributed by atoms with van der Waals surface area (Å²) in [5.41, 5.74) is 4.74. The third kappa shape index (κ3) is 4.92. The van der Waals surface area contributed by atoms with Crippen LogP contribution in [-0.4, -0.2) is 23.3 Å². The number of amides is 2. The highest BCUT2D eigenvalue weighted by molar-refractivity contribution is 5.80. The largest absolute Gasteiger partial charge is 0.349 e. The minimum atomic E-state index is -0.205. The van der Waals surface area contributed by atoms with Gasteiger partial charge in [-0.15, -0.1) is 0 Å². The zero-order chi connectivity index (χ0) is 21.8. The summed E-state index contributed by atoms with van der Waals surface area (Å²) in [6, 6.07) is 16.4. The van der Waals surface area contributed by atoms with Gasteiger partial charge in [0.05, 0.1) is 18.5 Å². The molecule has 0 saturated heterocycles. The number of nitrogens with one attached hydrogen (secondary N) is 1. The van der Waals surface area contributed by atoms with Crippen molar-refractivity contribution >= 4 is 11.8 Å². The fourth-order valence-electron chi connectivity index (χ4n) is 4.38. The SMILES string of the molecule is CC(=O)N1CCc2ccccc2C1CC(=O)NC(c1ccc(C(C)C)cc1)C(C)C. The lowest BCUT2D eigenvalue weighted by Gasteiger charge is -2.37. The third-order valence-corrected chi connectivity index (χ3v) is 6.14. The molecule has 0 aromatic heterocycles. The van der Waals surface area contributed by atoms with Crippen LogP contribution in [0.4, 0.5) is 0 Å². The van der Waals surface area contributed by atoms with Crippen LogP contribution in [0.3, 0.4) is 0 Å². The Morgan fingerprint density at radius 2 is 1.63 bits per heavy atom. The fraction of sp³-hybridized carbons (Fsp3) is 0.462. The van der Waals surface area contributed by atoms with Gasteiger partial charge in [-0.1, -0.05) is 76.2 Å². The second-order valence-corrected chi connectivity index (χ2v) is 8.99. The molecule has 0 spiro atoms. The van der Waals surface area contributed by atoms with E-state index in [1.165, 1.54) is 11.1 Å². The Bertz CT molecular complexity index is 886. The van der Waals surface area contributed by atoms with Gasteiger partial charge >= 0.3 is 0 Å². The second kappa shape index (κ2) is 9.46. The summed E-state index contributed by atoms with van der Waals surface area (Å²) in [6.45, 7) is 10.9. The molecule has 0 saturated carbocycles. The number of hydrogen-bond donors (Lipinski definition) is 1. The molecule has 0 fully saturated rings. The summed E-state index contributed by atoms with van der Waals surface area (Å²) in [5.74, 6) is 0.748. The van der Waals surface area contributed by atoms with Gasteiger partial charge < -0.3 is 10.2 Å². The van der Waals surface area contributed by atoms with Crippen molar-refractivity contribution in [2.75, 3.05) is 6.54 Å². The van der Waals surface area contributed by atoms with E-state index in [1.807, 2.05) is 23.1 Å². The molecule has 1 N–H and O–H groups in total. The van der Waals surface area contributed by atoms with Crippen molar-refractivity contribution in [1.82, 2.24) is 10.2 Å². The maximum atomic E-state index is 13.1. The summed E-state index contributed by atoms with van der Waals surface area (Å²) in [4.78, 5) is 27.2. The Morgan fingerprint density at radius 3 is 2.23 bits per heavy atom. The maximum absolute atomic E-state index is 13.1. The van der Waals surface area contributed by atoms with Crippen LogP contribution in [0, 0.1) is 5.92 Å². The first-order chi connectivity index (χ1) is 14.3. The highest BCUT2D eigenvalue weighted by Gasteiger charge is 2.31. The van der Waals surface area contributed by atoms with Crippen molar-refractivity contribution in [3.8, 4) is 0 Å². The molecule has 30 heavy (non-hydrogen) atoms. The van der Waals surface area contributed by atoms with Gasteiger partial charge in [0.15, 0.2) is 0 Å². The van der Waals surface area contributed by atoms with Gasteiger partial charge in [-0.05, 0) is 40.5 Å². The third-order valence-electron chi connectivity index (χ3n) is 6.14. The van der Waals surface area contributed by atoms with Crippen LogP contribution in [0.1, 0.15) is 81.3 Å². The Hall–Kier alpha value is -2.62. The van der Waals surface area contributed by atoms with Crippen LogP contribution in [0.2, 0.25) is 0 Å². The fourth-order valence-corrected chi connectivity index (χ4v) is 4.38. The molecule has 1 aliphatic rings. The smallest absolute Gasteiger partial charge is 0.222 e. The van der Waals surface area contributed by atoms with Gasteiger partial charge in [-0.3, -0.25) is 9.59 Å². The van der Waals surface area contributed by atoms with Gasteiger partial charge in [-0.25, -0.2) is 0 Å². The summed E-state index contributed by atoms with van der Waals surface area (Å²) in [6.07, 6.45) is 1.12. The lowest BCUT2D eigenvalue weighted by molar-refractivity contribution is -0.133. The molecule has 3 rings (SSSR count). The molecule has 0 bridgehead atoms. The summed E-state index contributed by atoms with van der Waals surface area (Å²) >= 11 is 0. The molecule has 2 aromatic carbocycles. The molecule has 4 heteroatoms. The van der Waals surface area contributed by atoms with Crippen molar-refractivity contribution in [2.45, 2.75) is 65.5 Å². The minimum absolute atomic E-state index is 0.0189. The maximum Gasteiger partial charge on any atom is 0.222 e. The van der Waals surface area contributed by atoms with E-state index < -0.39 is 0 Å². The van der Waals surface area contributed by atoms with E-state index in [2.05, 4.69) is 63.3 Å². The van der Waals surface area contributed by atoms with E-state index in [9.17, 15) is 9.59 Å². The van der Waals surface area contributed by atoms with E-state index in [0.29, 0.717) is 12.5 Å². The van der Waals surface area contributed by atoms with Crippen molar-refractivity contribution in [1.29, 1.82) is 0 Å². The van der Waals surface area contributed by atoms with Gasteiger partial charge in [0.25, 0.3) is 0 Å². The van der Waals surface area contributed by atoms with Crippen molar-refractivity contribution < 1.29 is 9.59 Å². The van der Waals surface area contributed by atoms with Gasteiger partial charge in [-0.2, -0.15) is 0 Å². The predicted octanol–water partition coefficient (Wildman–Crippen LogP) is 5.16. The average Bonchev–Trinajstić information content (AvgIpc) is 2.72. The quantitative estimate of drug-likeness (QED) is 0.720. The van der Waals surface area contributed by atoms with E-state index >= 15 is 0 Å². The van der Waals surface area contributed by atoms with E-state index in [-0.39, 0.29) is 36.2 Å². The number of rotatable bonds is 6. The molecule has 2 amide bonds. The number of nitrogens with zero attached hydrogens (tertiary/aromatic N) is 1. The molecule has 160 valence electrons. The Labute approximate surface area is 180 Å². The van der Waals surface area contributed by atoms with E-state index in [4.69, 9.17) is 0 Å². The minimum Gasteiger partial charge on any atom is -0.349 e. The Morgan fingerprint density at radius 1 is 1.00 bits per heavy atom. The highest BCUT2D eigenvalue weighted by Crippen LogP contribution is 2.33. The molecule has 2 atom stereocenters. The molecular weight excluding hydrogens is 372 g/mol. The molecule has 0 radical (unpaired) electrons. The number of carbonyl (C=O) groups excluding carboxylic acids is 2. The van der Waals surface area contributed by atoms with Crippen LogP contribution < -0.4 is 5.32 Å². The van der Waals surface area contributed by atoms with Crippen LogP contribution in [0.15, 0.2) is 48.5 Å². The topological polar surface area (TPSA) is 49.4 Å². The van der Waals surface area contributed by atoms with Crippen molar-refractivity contribution in [3.63, 3.8) is 0 Å². The molecule has 2 aromatic rings. The molecule has 1 aliphatic heterocycles. The first-order valence-electron chi connectivity index (χ1n) is 11.0. The van der Waals surface area contributed by atoms with Gasteiger partial charge in [0, 0.05) is 13.5 Å². The van der Waals surface area contributed by atoms with Gasteiger partial charge in [0.2, 0.25) is 11.8 Å². The zero-order valence-electron chi connectivity index (χ0n) is 18.8. The average molecular weight is 407 g/mol.